The second-order valence-electron chi connectivity index (χ2n) is 5.00. The zero-order valence-corrected chi connectivity index (χ0v) is 13.1. The predicted octanol–water partition coefficient (Wildman–Crippen LogP) is 3.54. The maximum absolute atomic E-state index is 12.2. The lowest BCUT2D eigenvalue weighted by Gasteiger charge is -2.06. The lowest BCUT2D eigenvalue weighted by atomic mass is 10.1. The lowest BCUT2D eigenvalue weighted by molar-refractivity contribution is 0.0983. The van der Waals surface area contributed by atoms with Gasteiger partial charge < -0.3 is 4.42 Å². The fourth-order valence-corrected chi connectivity index (χ4v) is 3.08. The van der Waals surface area contributed by atoms with E-state index in [2.05, 4.69) is 4.72 Å². The standard InChI is InChI=1S/C18H15NO3S/c20-18(19-23(21)13-14-5-2-1-3-6-14)16-8-4-7-15(11-16)17-9-10-22-12-17/h1-12H,13H2,(H,19,20)/t23-/m0/s1. The first-order valence-electron chi connectivity index (χ1n) is 7.08. The Hall–Kier alpha value is -2.66. The van der Waals surface area contributed by atoms with Crippen LogP contribution in [0, 0.1) is 0 Å². The summed E-state index contributed by atoms with van der Waals surface area (Å²) in [5.74, 6) is -0.0711. The molecule has 23 heavy (non-hydrogen) atoms. The van der Waals surface area contributed by atoms with Gasteiger partial charge in [0.05, 0.1) is 18.3 Å². The summed E-state index contributed by atoms with van der Waals surface area (Å²) in [6.07, 6.45) is 3.20. The predicted molar refractivity (Wildman–Crippen MR) is 89.9 cm³/mol. The molecule has 0 aliphatic carbocycles. The third kappa shape index (κ3) is 3.96. The number of furan rings is 1. The van der Waals surface area contributed by atoms with Gasteiger partial charge in [0.15, 0.2) is 0 Å². The second-order valence-corrected chi connectivity index (χ2v) is 6.18. The van der Waals surface area contributed by atoms with E-state index >= 15 is 0 Å². The van der Waals surface area contributed by atoms with Crippen molar-refractivity contribution < 1.29 is 13.4 Å². The van der Waals surface area contributed by atoms with Crippen LogP contribution in [-0.2, 0) is 16.7 Å². The van der Waals surface area contributed by atoms with Crippen LogP contribution in [0.25, 0.3) is 11.1 Å². The van der Waals surface area contributed by atoms with Crippen LogP contribution in [0.5, 0.6) is 0 Å². The number of amides is 1. The van der Waals surface area contributed by atoms with Crippen LogP contribution in [0.4, 0.5) is 0 Å². The van der Waals surface area contributed by atoms with E-state index in [1.807, 2.05) is 42.5 Å². The summed E-state index contributed by atoms with van der Waals surface area (Å²) in [7, 11) is -1.46. The van der Waals surface area contributed by atoms with Crippen molar-refractivity contribution in [3.8, 4) is 11.1 Å². The van der Waals surface area contributed by atoms with Crippen LogP contribution in [-0.4, -0.2) is 10.1 Å². The minimum Gasteiger partial charge on any atom is -0.472 e. The van der Waals surface area contributed by atoms with Crippen LogP contribution in [0.2, 0.25) is 0 Å². The Balaban J connectivity index is 1.69. The van der Waals surface area contributed by atoms with Gasteiger partial charge in [-0.3, -0.25) is 9.52 Å². The fourth-order valence-electron chi connectivity index (χ4n) is 2.19. The number of carbonyl (C=O) groups is 1. The smallest absolute Gasteiger partial charge is 0.262 e. The third-order valence-corrected chi connectivity index (χ3v) is 4.33. The van der Waals surface area contributed by atoms with Crippen molar-refractivity contribution in [3.63, 3.8) is 0 Å². The van der Waals surface area contributed by atoms with Crippen LogP contribution < -0.4 is 4.72 Å². The van der Waals surface area contributed by atoms with Gasteiger partial charge in [-0.05, 0) is 29.3 Å². The molecule has 1 atom stereocenters. The van der Waals surface area contributed by atoms with Gasteiger partial charge in [-0.25, -0.2) is 4.21 Å². The van der Waals surface area contributed by atoms with Gasteiger partial charge in [0.25, 0.3) is 5.91 Å². The molecule has 0 fully saturated rings. The highest BCUT2D eigenvalue weighted by molar-refractivity contribution is 7.82. The molecule has 1 heterocycles. The summed E-state index contributed by atoms with van der Waals surface area (Å²) < 4.78 is 19.7. The molecule has 1 amide bonds. The highest BCUT2D eigenvalue weighted by atomic mass is 32.2. The first kappa shape index (κ1) is 15.2. The number of rotatable bonds is 5. The summed E-state index contributed by atoms with van der Waals surface area (Å²) in [6, 6.07) is 18.4. The highest BCUT2D eigenvalue weighted by Crippen LogP contribution is 2.20. The third-order valence-electron chi connectivity index (χ3n) is 3.33. The van der Waals surface area contributed by atoms with E-state index in [-0.39, 0.29) is 11.7 Å². The van der Waals surface area contributed by atoms with Crippen molar-refractivity contribution in [1.82, 2.24) is 4.72 Å². The van der Waals surface area contributed by atoms with Gasteiger partial charge in [0.1, 0.15) is 11.0 Å². The Bertz CT molecular complexity index is 813. The Morgan fingerprint density at radius 3 is 2.57 bits per heavy atom. The molecule has 0 aliphatic heterocycles. The summed E-state index contributed by atoms with van der Waals surface area (Å²) in [5.41, 5.74) is 3.15. The number of benzene rings is 2. The molecule has 1 N–H and O–H groups in total. The zero-order valence-electron chi connectivity index (χ0n) is 12.3. The van der Waals surface area contributed by atoms with Gasteiger partial charge in [-0.1, -0.05) is 42.5 Å². The van der Waals surface area contributed by atoms with Gasteiger partial charge in [0.2, 0.25) is 0 Å². The van der Waals surface area contributed by atoms with Gasteiger partial charge in [0, 0.05) is 11.1 Å². The van der Waals surface area contributed by atoms with Crippen molar-refractivity contribution >= 4 is 16.9 Å². The van der Waals surface area contributed by atoms with Crippen molar-refractivity contribution in [2.75, 3.05) is 0 Å². The molecule has 0 bridgehead atoms. The Kier molecular flexibility index (Phi) is 4.68. The van der Waals surface area contributed by atoms with Gasteiger partial charge in [-0.15, -0.1) is 0 Å². The molecule has 4 nitrogen and oxygen atoms in total. The van der Waals surface area contributed by atoms with E-state index in [0.29, 0.717) is 5.56 Å². The van der Waals surface area contributed by atoms with Gasteiger partial charge >= 0.3 is 0 Å². The van der Waals surface area contributed by atoms with E-state index in [1.165, 1.54) is 0 Å². The zero-order chi connectivity index (χ0) is 16.1. The molecule has 0 spiro atoms. The van der Waals surface area contributed by atoms with Crippen molar-refractivity contribution in [1.29, 1.82) is 0 Å². The number of hydrogen-bond acceptors (Lipinski definition) is 3. The fraction of sp³-hybridized carbons (Fsp3) is 0.0556. The molecule has 3 rings (SSSR count). The minimum absolute atomic E-state index is 0.286. The van der Waals surface area contributed by atoms with Crippen molar-refractivity contribution in [2.45, 2.75) is 5.75 Å². The monoisotopic (exact) mass is 325 g/mol. The topological polar surface area (TPSA) is 59.3 Å². The van der Waals surface area contributed by atoms with E-state index < -0.39 is 11.0 Å². The molecule has 0 saturated heterocycles. The largest absolute Gasteiger partial charge is 0.472 e. The van der Waals surface area contributed by atoms with Crippen LogP contribution in [0.3, 0.4) is 0 Å². The molecule has 0 aliphatic rings. The lowest BCUT2D eigenvalue weighted by Crippen LogP contribution is -2.26. The molecule has 3 aromatic rings. The maximum atomic E-state index is 12.2. The molecular weight excluding hydrogens is 310 g/mol. The van der Waals surface area contributed by atoms with Gasteiger partial charge in [-0.2, -0.15) is 0 Å². The molecule has 116 valence electrons. The molecule has 5 heteroatoms. The minimum atomic E-state index is -1.46. The van der Waals surface area contributed by atoms with E-state index in [1.54, 1.807) is 30.7 Å². The molecule has 2 aromatic carbocycles. The normalized spacial score (nSPS) is 11.8. The van der Waals surface area contributed by atoms with E-state index in [0.717, 1.165) is 16.7 Å². The summed E-state index contributed by atoms with van der Waals surface area (Å²) in [5, 5.41) is 0. The summed E-state index contributed by atoms with van der Waals surface area (Å²) >= 11 is 0. The maximum Gasteiger partial charge on any atom is 0.262 e. The Morgan fingerprint density at radius 1 is 1.00 bits per heavy atom. The Labute approximate surface area is 136 Å². The number of carbonyl (C=O) groups excluding carboxylic acids is 1. The van der Waals surface area contributed by atoms with Crippen molar-refractivity contribution in [3.05, 3.63) is 84.3 Å². The van der Waals surface area contributed by atoms with E-state index in [4.69, 9.17) is 4.42 Å². The average molecular weight is 325 g/mol. The summed E-state index contributed by atoms with van der Waals surface area (Å²) in [4.78, 5) is 12.2. The second kappa shape index (κ2) is 7.07. The molecule has 1 aromatic heterocycles. The number of nitrogens with one attached hydrogen (secondary N) is 1. The Morgan fingerprint density at radius 2 is 1.83 bits per heavy atom. The van der Waals surface area contributed by atoms with E-state index in [9.17, 15) is 9.00 Å². The van der Waals surface area contributed by atoms with Crippen LogP contribution >= 0.6 is 0 Å². The van der Waals surface area contributed by atoms with Crippen molar-refractivity contribution in [2.24, 2.45) is 0 Å². The molecule has 0 saturated carbocycles. The SMILES string of the molecule is O=C(N[S@@](=O)Cc1ccccc1)c1cccc(-c2ccoc2)c1. The first-order valence-corrected chi connectivity index (χ1v) is 8.40. The van der Waals surface area contributed by atoms with Crippen LogP contribution in [0.15, 0.2) is 77.6 Å². The van der Waals surface area contributed by atoms with Crippen LogP contribution in [0.1, 0.15) is 15.9 Å². The quantitative estimate of drug-likeness (QED) is 0.780. The summed E-state index contributed by atoms with van der Waals surface area (Å²) in [6.45, 7) is 0. The highest BCUT2D eigenvalue weighted by Gasteiger charge is 2.11. The molecule has 0 radical (unpaired) electrons. The number of hydrogen-bond donors (Lipinski definition) is 1. The average Bonchev–Trinajstić information content (AvgIpc) is 3.10. The molecule has 0 unspecified atom stereocenters. The first-order chi connectivity index (χ1) is 11.2. The molecular formula is C18H15NO3S.